The smallest absolute Gasteiger partial charge is 0.221 e. The van der Waals surface area contributed by atoms with Crippen molar-refractivity contribution in [1.82, 2.24) is 9.88 Å². The summed E-state index contributed by atoms with van der Waals surface area (Å²) in [6.07, 6.45) is 1.75. The quantitative estimate of drug-likeness (QED) is 0.907. The molecule has 3 rings (SSSR count). The topological polar surface area (TPSA) is 67.6 Å². The lowest BCUT2D eigenvalue weighted by atomic mass is 9.93. The Labute approximate surface area is 154 Å². The molecular formula is C20H27N3O3. The molecule has 0 saturated carbocycles. The number of benzene rings is 1. The van der Waals surface area contributed by atoms with Gasteiger partial charge in [-0.15, -0.1) is 0 Å². The van der Waals surface area contributed by atoms with Crippen LogP contribution in [0.5, 0.6) is 0 Å². The van der Waals surface area contributed by atoms with Gasteiger partial charge in [0, 0.05) is 31.1 Å². The van der Waals surface area contributed by atoms with Gasteiger partial charge < -0.3 is 14.5 Å². The van der Waals surface area contributed by atoms with Crippen molar-refractivity contribution in [3.8, 4) is 0 Å². The Hall–Kier alpha value is -2.18. The van der Waals surface area contributed by atoms with Gasteiger partial charge in [0.25, 0.3) is 0 Å². The summed E-state index contributed by atoms with van der Waals surface area (Å²) < 4.78 is 11.5. The van der Waals surface area contributed by atoms with E-state index in [2.05, 4.69) is 31.0 Å². The molecule has 2 aromatic rings. The van der Waals surface area contributed by atoms with Crippen LogP contribution in [-0.4, -0.2) is 35.5 Å². The van der Waals surface area contributed by atoms with Crippen molar-refractivity contribution in [1.29, 1.82) is 0 Å². The van der Waals surface area contributed by atoms with E-state index < -0.39 is 0 Å². The Balaban J connectivity index is 1.73. The van der Waals surface area contributed by atoms with Gasteiger partial charge in [0.05, 0.1) is 18.9 Å². The van der Waals surface area contributed by atoms with Crippen LogP contribution in [0.1, 0.15) is 50.9 Å². The van der Waals surface area contributed by atoms with Gasteiger partial charge in [0.2, 0.25) is 11.8 Å². The fourth-order valence-corrected chi connectivity index (χ4v) is 2.97. The van der Waals surface area contributed by atoms with Gasteiger partial charge in [-0.2, -0.15) is 0 Å². The number of hydrogen-bond acceptors (Lipinski definition) is 5. The zero-order valence-electron chi connectivity index (χ0n) is 15.9. The minimum atomic E-state index is -0.0652. The molecule has 1 atom stereocenters. The maximum Gasteiger partial charge on any atom is 0.221 e. The molecule has 0 radical (unpaired) electrons. The first-order chi connectivity index (χ1) is 12.3. The second-order valence-corrected chi connectivity index (χ2v) is 7.76. The van der Waals surface area contributed by atoms with Gasteiger partial charge in [-0.3, -0.25) is 9.69 Å². The van der Waals surface area contributed by atoms with Gasteiger partial charge in [-0.25, -0.2) is 4.98 Å². The molecule has 140 valence electrons. The lowest BCUT2D eigenvalue weighted by Crippen LogP contribution is -2.39. The summed E-state index contributed by atoms with van der Waals surface area (Å²) >= 11 is 0. The molecule has 1 aromatic heterocycles. The number of nitrogens with zero attached hydrogens (tertiary/aromatic N) is 2. The molecule has 1 saturated heterocycles. The number of aromatic nitrogens is 1. The van der Waals surface area contributed by atoms with E-state index in [0.29, 0.717) is 19.1 Å². The zero-order chi connectivity index (χ0) is 18.7. The van der Waals surface area contributed by atoms with Crippen LogP contribution in [0.4, 0.5) is 5.69 Å². The third-order valence-corrected chi connectivity index (χ3v) is 4.47. The van der Waals surface area contributed by atoms with Gasteiger partial charge in [0.1, 0.15) is 12.3 Å². The Bertz CT molecular complexity index is 746. The van der Waals surface area contributed by atoms with Gasteiger partial charge in [-0.05, 0) is 17.7 Å². The highest BCUT2D eigenvalue weighted by Crippen LogP contribution is 2.29. The number of amides is 1. The molecule has 0 aliphatic carbocycles. The first-order valence-electron chi connectivity index (χ1n) is 8.97. The van der Waals surface area contributed by atoms with Crippen molar-refractivity contribution in [2.24, 2.45) is 0 Å². The number of hydrogen-bond donors (Lipinski definition) is 1. The summed E-state index contributed by atoms with van der Waals surface area (Å²) in [6.45, 7) is 10.8. The summed E-state index contributed by atoms with van der Waals surface area (Å²) in [5.41, 5.74) is 2.90. The second-order valence-electron chi connectivity index (χ2n) is 7.76. The predicted molar refractivity (Wildman–Crippen MR) is 99.9 cm³/mol. The molecule has 1 aliphatic rings. The Morgan fingerprint density at radius 2 is 2.04 bits per heavy atom. The summed E-state index contributed by atoms with van der Waals surface area (Å²) in [4.78, 5) is 18.2. The van der Waals surface area contributed by atoms with Gasteiger partial charge in [-0.1, -0.05) is 32.9 Å². The zero-order valence-corrected chi connectivity index (χ0v) is 15.9. The number of anilines is 1. The van der Waals surface area contributed by atoms with E-state index in [9.17, 15) is 4.79 Å². The van der Waals surface area contributed by atoms with Crippen LogP contribution in [0.25, 0.3) is 0 Å². The molecular weight excluding hydrogens is 330 g/mol. The summed E-state index contributed by atoms with van der Waals surface area (Å²) in [7, 11) is 0. The van der Waals surface area contributed by atoms with Crippen LogP contribution in [-0.2, 0) is 21.5 Å². The molecule has 1 aliphatic heterocycles. The number of morpholine rings is 1. The van der Waals surface area contributed by atoms with Crippen molar-refractivity contribution in [2.75, 3.05) is 25.1 Å². The lowest BCUT2D eigenvalue weighted by molar-refractivity contribution is -0.114. The molecule has 1 amide bonds. The van der Waals surface area contributed by atoms with Crippen LogP contribution in [0.3, 0.4) is 0 Å². The minimum Gasteiger partial charge on any atom is -0.447 e. The fourth-order valence-electron chi connectivity index (χ4n) is 2.97. The number of nitrogens with one attached hydrogen (secondary N) is 1. The van der Waals surface area contributed by atoms with Crippen molar-refractivity contribution < 1.29 is 13.9 Å². The van der Waals surface area contributed by atoms with Crippen LogP contribution < -0.4 is 5.32 Å². The lowest BCUT2D eigenvalue weighted by Gasteiger charge is -2.33. The van der Waals surface area contributed by atoms with Crippen LogP contribution in [0.2, 0.25) is 0 Å². The molecule has 1 aromatic carbocycles. The standard InChI is InChI=1S/C20H27N3O3/c1-14(24)21-16-7-5-15(6-8-16)11-23-9-10-25-12-17(23)19-22-18(13-26-19)20(2,3)4/h5-8,13,17H,9-12H2,1-4H3,(H,21,24)/t17-/m0/s1. The molecule has 2 heterocycles. The molecule has 0 bridgehead atoms. The summed E-state index contributed by atoms with van der Waals surface area (Å²) in [5.74, 6) is 0.647. The number of carbonyl (C=O) groups excluding carboxylic acids is 1. The minimum absolute atomic E-state index is 0.00914. The maximum atomic E-state index is 11.1. The number of rotatable bonds is 4. The largest absolute Gasteiger partial charge is 0.447 e. The Morgan fingerprint density at radius 3 is 2.65 bits per heavy atom. The molecule has 1 fully saturated rings. The van der Waals surface area contributed by atoms with E-state index in [1.807, 2.05) is 24.3 Å². The predicted octanol–water partition coefficient (Wildman–Crippen LogP) is 3.50. The molecule has 26 heavy (non-hydrogen) atoms. The molecule has 6 heteroatoms. The highest BCUT2D eigenvalue weighted by Gasteiger charge is 2.30. The molecule has 0 spiro atoms. The molecule has 6 nitrogen and oxygen atoms in total. The first-order valence-corrected chi connectivity index (χ1v) is 8.97. The first kappa shape index (κ1) is 18.6. The van der Waals surface area contributed by atoms with Crippen molar-refractivity contribution >= 4 is 11.6 Å². The van der Waals surface area contributed by atoms with E-state index in [1.165, 1.54) is 12.5 Å². The van der Waals surface area contributed by atoms with Crippen molar-refractivity contribution in [2.45, 2.75) is 45.7 Å². The maximum absolute atomic E-state index is 11.1. The fraction of sp³-hybridized carbons (Fsp3) is 0.500. The number of ether oxygens (including phenoxy) is 1. The summed E-state index contributed by atoms with van der Waals surface area (Å²) in [5, 5.41) is 2.79. The highest BCUT2D eigenvalue weighted by atomic mass is 16.5. The normalized spacial score (nSPS) is 18.7. The van der Waals surface area contributed by atoms with Gasteiger partial charge >= 0.3 is 0 Å². The third-order valence-electron chi connectivity index (χ3n) is 4.47. The number of oxazole rings is 1. The third kappa shape index (κ3) is 4.51. The van der Waals surface area contributed by atoms with Crippen LogP contribution in [0.15, 0.2) is 34.9 Å². The Morgan fingerprint density at radius 1 is 1.31 bits per heavy atom. The van der Waals surface area contributed by atoms with Crippen molar-refractivity contribution in [3.05, 3.63) is 47.7 Å². The van der Waals surface area contributed by atoms with E-state index in [-0.39, 0.29) is 17.4 Å². The van der Waals surface area contributed by atoms with E-state index >= 15 is 0 Å². The number of carbonyl (C=O) groups is 1. The summed E-state index contributed by atoms with van der Waals surface area (Å²) in [6, 6.07) is 7.93. The van der Waals surface area contributed by atoms with Crippen LogP contribution in [0, 0.1) is 0 Å². The van der Waals surface area contributed by atoms with E-state index in [4.69, 9.17) is 14.1 Å². The monoisotopic (exact) mass is 357 g/mol. The average molecular weight is 357 g/mol. The van der Waals surface area contributed by atoms with E-state index in [0.717, 1.165) is 24.5 Å². The van der Waals surface area contributed by atoms with E-state index in [1.54, 1.807) is 6.26 Å². The average Bonchev–Trinajstić information content (AvgIpc) is 3.07. The van der Waals surface area contributed by atoms with Crippen molar-refractivity contribution in [3.63, 3.8) is 0 Å². The van der Waals surface area contributed by atoms with Gasteiger partial charge in [0.15, 0.2) is 0 Å². The molecule has 1 N–H and O–H groups in total. The van der Waals surface area contributed by atoms with Crippen LogP contribution >= 0.6 is 0 Å². The second kappa shape index (κ2) is 7.60. The highest BCUT2D eigenvalue weighted by molar-refractivity contribution is 5.88. The SMILES string of the molecule is CC(=O)Nc1ccc(CN2CCOC[C@H]2c2nc(C(C)(C)C)co2)cc1. The Kier molecular flexibility index (Phi) is 5.44. The molecule has 0 unspecified atom stereocenters.